The maximum Gasteiger partial charge on any atom is 0.257 e. The summed E-state index contributed by atoms with van der Waals surface area (Å²) in [7, 11) is 0. The van der Waals surface area contributed by atoms with Crippen molar-refractivity contribution in [3.8, 4) is 0 Å². The summed E-state index contributed by atoms with van der Waals surface area (Å²) in [6.07, 6.45) is 3.47. The average molecular weight is 420 g/mol. The Hall–Kier alpha value is -2.99. The number of nitrogens with one attached hydrogen (secondary N) is 2. The van der Waals surface area contributed by atoms with E-state index < -0.39 is 0 Å². The summed E-state index contributed by atoms with van der Waals surface area (Å²) < 4.78 is 0. The Bertz CT molecular complexity index is 1030. The van der Waals surface area contributed by atoms with Gasteiger partial charge in [0.1, 0.15) is 0 Å². The van der Waals surface area contributed by atoms with Crippen molar-refractivity contribution in [2.24, 2.45) is 0 Å². The number of aryl methyl sites for hydroxylation is 3. The van der Waals surface area contributed by atoms with Crippen LogP contribution in [0.1, 0.15) is 50.8 Å². The van der Waals surface area contributed by atoms with E-state index in [1.807, 2.05) is 37.3 Å². The zero-order chi connectivity index (χ0) is 20.9. The van der Waals surface area contributed by atoms with E-state index in [9.17, 15) is 9.59 Å². The maximum atomic E-state index is 12.7. The van der Waals surface area contributed by atoms with Crippen LogP contribution in [-0.4, -0.2) is 23.3 Å². The molecule has 0 saturated carbocycles. The molecule has 154 valence electrons. The van der Waals surface area contributed by atoms with Crippen LogP contribution in [0.3, 0.4) is 0 Å². The molecule has 5 nitrogen and oxygen atoms in total. The minimum absolute atomic E-state index is 0.0310. The highest BCUT2D eigenvalue weighted by Crippen LogP contribution is 2.38. The number of rotatable bonds is 7. The SMILES string of the molecule is Cc1ccc(C(=O)Nc2nc3c(s2)CC[C@H]3C(=O)NCCCc2ccccc2)cc1. The largest absolute Gasteiger partial charge is 0.356 e. The van der Waals surface area contributed by atoms with Gasteiger partial charge in [-0.1, -0.05) is 48.0 Å². The normalized spacial score (nSPS) is 14.9. The van der Waals surface area contributed by atoms with Crippen LogP contribution in [0.25, 0.3) is 0 Å². The van der Waals surface area contributed by atoms with Gasteiger partial charge in [-0.3, -0.25) is 14.9 Å². The van der Waals surface area contributed by atoms with Gasteiger partial charge < -0.3 is 5.32 Å². The van der Waals surface area contributed by atoms with E-state index in [4.69, 9.17) is 0 Å². The number of thiazole rings is 1. The molecule has 4 rings (SSSR count). The quantitative estimate of drug-likeness (QED) is 0.555. The number of carbonyl (C=O) groups excluding carboxylic acids is 2. The lowest BCUT2D eigenvalue weighted by Crippen LogP contribution is -2.29. The van der Waals surface area contributed by atoms with Gasteiger partial charge in [0.25, 0.3) is 5.91 Å². The number of nitrogens with zero attached hydrogens (tertiary/aromatic N) is 1. The molecule has 3 aromatic rings. The first-order valence-electron chi connectivity index (χ1n) is 10.3. The maximum absolute atomic E-state index is 12.7. The predicted molar refractivity (Wildman–Crippen MR) is 120 cm³/mol. The van der Waals surface area contributed by atoms with E-state index in [0.717, 1.165) is 41.8 Å². The topological polar surface area (TPSA) is 71.1 Å². The van der Waals surface area contributed by atoms with Crippen molar-refractivity contribution in [3.05, 3.63) is 81.9 Å². The number of aromatic nitrogens is 1. The molecule has 1 aliphatic rings. The minimum Gasteiger partial charge on any atom is -0.356 e. The van der Waals surface area contributed by atoms with Crippen molar-refractivity contribution < 1.29 is 9.59 Å². The fraction of sp³-hybridized carbons (Fsp3) is 0.292. The summed E-state index contributed by atoms with van der Waals surface area (Å²) in [5, 5.41) is 6.49. The molecule has 30 heavy (non-hydrogen) atoms. The molecule has 6 heteroatoms. The van der Waals surface area contributed by atoms with Crippen LogP contribution in [0.5, 0.6) is 0 Å². The van der Waals surface area contributed by atoms with E-state index in [-0.39, 0.29) is 17.7 Å². The summed E-state index contributed by atoms with van der Waals surface area (Å²) in [5.41, 5.74) is 3.81. The van der Waals surface area contributed by atoms with Gasteiger partial charge in [-0.05, 0) is 50.3 Å². The molecule has 1 aromatic heterocycles. The number of anilines is 1. The van der Waals surface area contributed by atoms with E-state index >= 15 is 0 Å². The second kappa shape index (κ2) is 9.22. The molecule has 2 N–H and O–H groups in total. The highest BCUT2D eigenvalue weighted by molar-refractivity contribution is 7.16. The van der Waals surface area contributed by atoms with Gasteiger partial charge in [-0.25, -0.2) is 4.98 Å². The van der Waals surface area contributed by atoms with Crippen molar-refractivity contribution in [2.45, 2.75) is 38.5 Å². The summed E-state index contributed by atoms with van der Waals surface area (Å²) in [6.45, 7) is 2.64. The van der Waals surface area contributed by atoms with E-state index in [1.54, 1.807) is 12.1 Å². The molecule has 0 spiro atoms. The first-order chi connectivity index (χ1) is 14.6. The Balaban J connectivity index is 1.31. The molecule has 2 amide bonds. The third-order valence-electron chi connectivity index (χ3n) is 5.35. The number of benzene rings is 2. The highest BCUT2D eigenvalue weighted by Gasteiger charge is 2.32. The number of hydrogen-bond donors (Lipinski definition) is 2. The van der Waals surface area contributed by atoms with E-state index in [0.29, 0.717) is 17.2 Å². The van der Waals surface area contributed by atoms with Gasteiger partial charge in [0.15, 0.2) is 5.13 Å². The lowest BCUT2D eigenvalue weighted by atomic mass is 10.1. The van der Waals surface area contributed by atoms with Crippen LogP contribution >= 0.6 is 11.3 Å². The fourth-order valence-electron chi connectivity index (χ4n) is 3.68. The van der Waals surface area contributed by atoms with Crippen molar-refractivity contribution in [1.82, 2.24) is 10.3 Å². The Morgan fingerprint density at radius 3 is 2.63 bits per heavy atom. The van der Waals surface area contributed by atoms with Gasteiger partial charge in [0.2, 0.25) is 5.91 Å². The molecule has 0 unspecified atom stereocenters. The van der Waals surface area contributed by atoms with Crippen LogP contribution in [0, 0.1) is 6.92 Å². The van der Waals surface area contributed by atoms with Gasteiger partial charge in [0, 0.05) is 17.0 Å². The zero-order valence-corrected chi connectivity index (χ0v) is 17.8. The monoisotopic (exact) mass is 419 g/mol. The molecule has 1 atom stereocenters. The zero-order valence-electron chi connectivity index (χ0n) is 17.0. The van der Waals surface area contributed by atoms with Gasteiger partial charge in [0.05, 0.1) is 11.6 Å². The van der Waals surface area contributed by atoms with Crippen LogP contribution in [0.2, 0.25) is 0 Å². The molecule has 0 aliphatic heterocycles. The molecule has 1 heterocycles. The Kier molecular flexibility index (Phi) is 6.23. The third kappa shape index (κ3) is 4.76. The Morgan fingerprint density at radius 2 is 1.87 bits per heavy atom. The number of fused-ring (bicyclic) bond motifs is 1. The minimum atomic E-state index is -0.224. The molecule has 0 radical (unpaired) electrons. The summed E-state index contributed by atoms with van der Waals surface area (Å²) in [6, 6.07) is 17.7. The summed E-state index contributed by atoms with van der Waals surface area (Å²) in [4.78, 5) is 30.8. The second-order valence-electron chi connectivity index (χ2n) is 7.62. The highest BCUT2D eigenvalue weighted by atomic mass is 32.1. The van der Waals surface area contributed by atoms with Crippen LogP contribution < -0.4 is 10.6 Å². The van der Waals surface area contributed by atoms with Crippen molar-refractivity contribution >= 4 is 28.3 Å². The summed E-state index contributed by atoms with van der Waals surface area (Å²) in [5.74, 6) is -0.370. The van der Waals surface area contributed by atoms with Crippen molar-refractivity contribution in [3.63, 3.8) is 0 Å². The molecular weight excluding hydrogens is 394 g/mol. The average Bonchev–Trinajstić information content (AvgIpc) is 3.32. The standard InChI is InChI=1S/C24H25N3O2S/c1-16-9-11-18(12-10-16)22(28)27-24-26-21-19(13-14-20(21)30-24)23(29)25-15-5-8-17-6-3-2-4-7-17/h2-4,6-7,9-12,19H,5,8,13-15H2,1H3,(H,25,29)(H,26,27,28)/t19-/m1/s1. The van der Waals surface area contributed by atoms with Gasteiger partial charge >= 0.3 is 0 Å². The molecule has 0 bridgehead atoms. The number of amides is 2. The smallest absolute Gasteiger partial charge is 0.257 e. The predicted octanol–water partition coefficient (Wildman–Crippen LogP) is 4.48. The van der Waals surface area contributed by atoms with Crippen LogP contribution in [-0.2, 0) is 17.6 Å². The molecule has 0 saturated heterocycles. The lowest BCUT2D eigenvalue weighted by Gasteiger charge is -2.11. The van der Waals surface area contributed by atoms with E-state index in [2.05, 4.69) is 27.8 Å². The first kappa shape index (κ1) is 20.3. The third-order valence-corrected chi connectivity index (χ3v) is 6.40. The van der Waals surface area contributed by atoms with Crippen LogP contribution in [0.15, 0.2) is 54.6 Å². The number of carbonyl (C=O) groups is 2. The lowest BCUT2D eigenvalue weighted by molar-refractivity contribution is -0.122. The van der Waals surface area contributed by atoms with Crippen LogP contribution in [0.4, 0.5) is 5.13 Å². The van der Waals surface area contributed by atoms with Crippen molar-refractivity contribution in [1.29, 1.82) is 0 Å². The molecular formula is C24H25N3O2S. The molecule has 0 fully saturated rings. The molecule has 2 aromatic carbocycles. The first-order valence-corrected chi connectivity index (χ1v) is 11.1. The van der Waals surface area contributed by atoms with E-state index in [1.165, 1.54) is 16.9 Å². The van der Waals surface area contributed by atoms with Gasteiger partial charge in [-0.15, -0.1) is 11.3 Å². The number of hydrogen-bond acceptors (Lipinski definition) is 4. The van der Waals surface area contributed by atoms with Crippen molar-refractivity contribution in [2.75, 3.05) is 11.9 Å². The fourth-order valence-corrected chi connectivity index (χ4v) is 4.72. The summed E-state index contributed by atoms with van der Waals surface area (Å²) >= 11 is 1.47. The molecule has 1 aliphatic carbocycles. The van der Waals surface area contributed by atoms with Gasteiger partial charge in [-0.2, -0.15) is 0 Å². The Morgan fingerprint density at radius 1 is 1.10 bits per heavy atom. The Labute approximate surface area is 180 Å². The second-order valence-corrected chi connectivity index (χ2v) is 8.70.